The van der Waals surface area contributed by atoms with Crippen molar-refractivity contribution in [2.75, 3.05) is 0 Å². The summed E-state index contributed by atoms with van der Waals surface area (Å²) >= 11 is 5.20. The van der Waals surface area contributed by atoms with E-state index in [1.54, 1.807) is 6.07 Å². The SMILES string of the molecule is FC(F)(F)c1cccc(CNC(=S)NC2CCCCC2)c1. The second-order valence-corrected chi connectivity index (χ2v) is 5.77. The summed E-state index contributed by atoms with van der Waals surface area (Å²) in [5.41, 5.74) is -0.0643. The molecule has 0 amide bonds. The first-order valence-corrected chi connectivity index (χ1v) is 7.56. The normalized spacial score (nSPS) is 16.5. The maximum Gasteiger partial charge on any atom is 0.416 e. The Morgan fingerprint density at radius 2 is 1.90 bits per heavy atom. The third-order valence-corrected chi connectivity index (χ3v) is 3.91. The van der Waals surface area contributed by atoms with E-state index in [1.807, 2.05) is 0 Å². The summed E-state index contributed by atoms with van der Waals surface area (Å²) < 4.78 is 37.9. The molecular weight excluding hydrogens is 297 g/mol. The summed E-state index contributed by atoms with van der Waals surface area (Å²) in [6.07, 6.45) is 1.57. The van der Waals surface area contributed by atoms with Crippen LogP contribution in [0.5, 0.6) is 0 Å². The van der Waals surface area contributed by atoms with E-state index in [0.29, 0.717) is 23.3 Å². The fourth-order valence-corrected chi connectivity index (χ4v) is 2.76. The third-order valence-electron chi connectivity index (χ3n) is 3.65. The highest BCUT2D eigenvalue weighted by Crippen LogP contribution is 2.29. The van der Waals surface area contributed by atoms with Crippen LogP contribution in [0.25, 0.3) is 0 Å². The van der Waals surface area contributed by atoms with Gasteiger partial charge in [-0.15, -0.1) is 0 Å². The molecule has 21 heavy (non-hydrogen) atoms. The number of nitrogens with one attached hydrogen (secondary N) is 2. The van der Waals surface area contributed by atoms with Gasteiger partial charge in [-0.1, -0.05) is 31.4 Å². The van der Waals surface area contributed by atoms with E-state index < -0.39 is 11.7 Å². The van der Waals surface area contributed by atoms with Gasteiger partial charge in [0.05, 0.1) is 5.56 Å². The number of halogens is 3. The minimum atomic E-state index is -4.31. The number of hydrogen-bond acceptors (Lipinski definition) is 1. The zero-order chi connectivity index (χ0) is 15.3. The van der Waals surface area contributed by atoms with Gasteiger partial charge >= 0.3 is 6.18 Å². The Balaban J connectivity index is 1.83. The van der Waals surface area contributed by atoms with Gasteiger partial charge in [-0.25, -0.2) is 0 Å². The maximum atomic E-state index is 12.6. The van der Waals surface area contributed by atoms with Crippen molar-refractivity contribution in [3.8, 4) is 0 Å². The molecule has 0 unspecified atom stereocenters. The number of rotatable bonds is 3. The fourth-order valence-electron chi connectivity index (χ4n) is 2.52. The van der Waals surface area contributed by atoms with E-state index in [0.717, 1.165) is 25.0 Å². The molecule has 1 saturated carbocycles. The quantitative estimate of drug-likeness (QED) is 0.824. The first kappa shape index (κ1) is 16.1. The van der Waals surface area contributed by atoms with E-state index in [-0.39, 0.29) is 0 Å². The molecule has 6 heteroatoms. The second-order valence-electron chi connectivity index (χ2n) is 5.36. The minimum absolute atomic E-state index is 0.294. The Hall–Kier alpha value is -1.30. The Morgan fingerprint density at radius 1 is 1.19 bits per heavy atom. The van der Waals surface area contributed by atoms with Crippen LogP contribution in [0.4, 0.5) is 13.2 Å². The number of benzene rings is 1. The Labute approximate surface area is 128 Å². The number of thiocarbonyl (C=S) groups is 1. The predicted octanol–water partition coefficient (Wildman–Crippen LogP) is 4.00. The molecule has 0 spiro atoms. The van der Waals surface area contributed by atoms with Gasteiger partial charge in [0.2, 0.25) is 0 Å². The summed E-state index contributed by atoms with van der Waals surface area (Å²) in [6.45, 7) is 0.294. The molecule has 0 aromatic heterocycles. The second kappa shape index (κ2) is 7.11. The van der Waals surface area contributed by atoms with Gasteiger partial charge in [0.1, 0.15) is 0 Å². The van der Waals surface area contributed by atoms with Crippen molar-refractivity contribution in [3.63, 3.8) is 0 Å². The van der Waals surface area contributed by atoms with Crippen LogP contribution < -0.4 is 10.6 Å². The third kappa shape index (κ3) is 5.19. The summed E-state index contributed by atoms with van der Waals surface area (Å²) in [7, 11) is 0. The summed E-state index contributed by atoms with van der Waals surface area (Å²) in [5, 5.41) is 6.72. The van der Waals surface area contributed by atoms with Crippen LogP contribution in [0.2, 0.25) is 0 Å². The average Bonchev–Trinajstić information content (AvgIpc) is 2.46. The Morgan fingerprint density at radius 3 is 2.57 bits per heavy atom. The minimum Gasteiger partial charge on any atom is -0.360 e. The first-order valence-electron chi connectivity index (χ1n) is 7.15. The molecule has 1 aliphatic carbocycles. The Bertz CT molecular complexity index is 482. The van der Waals surface area contributed by atoms with Gasteiger partial charge in [0.25, 0.3) is 0 Å². The van der Waals surface area contributed by atoms with Crippen molar-refractivity contribution < 1.29 is 13.2 Å². The highest BCUT2D eigenvalue weighted by atomic mass is 32.1. The highest BCUT2D eigenvalue weighted by Gasteiger charge is 2.30. The van der Waals surface area contributed by atoms with E-state index in [4.69, 9.17) is 12.2 Å². The lowest BCUT2D eigenvalue weighted by Crippen LogP contribution is -2.42. The molecule has 0 radical (unpaired) electrons. The Kier molecular flexibility index (Phi) is 5.45. The van der Waals surface area contributed by atoms with Crippen LogP contribution in [0, 0.1) is 0 Å². The summed E-state index contributed by atoms with van der Waals surface area (Å²) in [4.78, 5) is 0. The highest BCUT2D eigenvalue weighted by molar-refractivity contribution is 7.80. The van der Waals surface area contributed by atoms with E-state index >= 15 is 0 Å². The van der Waals surface area contributed by atoms with Crippen LogP contribution >= 0.6 is 12.2 Å². The summed E-state index contributed by atoms with van der Waals surface area (Å²) in [5.74, 6) is 0. The lowest BCUT2D eigenvalue weighted by molar-refractivity contribution is -0.137. The maximum absolute atomic E-state index is 12.6. The lowest BCUT2D eigenvalue weighted by atomic mass is 9.96. The standard InChI is InChI=1S/C15H19F3N2S/c16-15(17,18)12-6-4-5-11(9-12)10-19-14(21)20-13-7-2-1-3-8-13/h4-6,9,13H,1-3,7-8,10H2,(H2,19,20,21). The van der Waals surface area contributed by atoms with Crippen LogP contribution in [-0.4, -0.2) is 11.2 Å². The fraction of sp³-hybridized carbons (Fsp3) is 0.533. The van der Waals surface area contributed by atoms with Crippen molar-refractivity contribution in [1.29, 1.82) is 0 Å². The molecule has 1 aliphatic rings. The van der Waals surface area contributed by atoms with Gasteiger partial charge in [-0.05, 0) is 42.8 Å². The van der Waals surface area contributed by atoms with Crippen molar-refractivity contribution >= 4 is 17.3 Å². The zero-order valence-electron chi connectivity index (χ0n) is 11.7. The molecule has 2 nitrogen and oxygen atoms in total. The molecule has 116 valence electrons. The largest absolute Gasteiger partial charge is 0.416 e. The predicted molar refractivity (Wildman–Crippen MR) is 80.9 cm³/mol. The van der Waals surface area contributed by atoms with Gasteiger partial charge in [-0.3, -0.25) is 0 Å². The van der Waals surface area contributed by atoms with Crippen LogP contribution in [-0.2, 0) is 12.7 Å². The monoisotopic (exact) mass is 316 g/mol. The van der Waals surface area contributed by atoms with Crippen molar-refractivity contribution in [3.05, 3.63) is 35.4 Å². The molecule has 2 rings (SSSR count). The van der Waals surface area contributed by atoms with E-state index in [9.17, 15) is 13.2 Å². The lowest BCUT2D eigenvalue weighted by Gasteiger charge is -2.24. The van der Waals surface area contributed by atoms with Crippen molar-refractivity contribution in [2.45, 2.75) is 50.9 Å². The van der Waals surface area contributed by atoms with Gasteiger partial charge in [-0.2, -0.15) is 13.2 Å². The number of alkyl halides is 3. The van der Waals surface area contributed by atoms with Gasteiger partial charge in [0, 0.05) is 12.6 Å². The summed E-state index contributed by atoms with van der Waals surface area (Å²) in [6, 6.07) is 5.68. The molecule has 0 bridgehead atoms. The first-order chi connectivity index (χ1) is 9.95. The van der Waals surface area contributed by atoms with Crippen LogP contribution in [0.1, 0.15) is 43.2 Å². The van der Waals surface area contributed by atoms with E-state index in [2.05, 4.69) is 10.6 Å². The molecule has 0 atom stereocenters. The molecule has 0 heterocycles. The molecule has 1 aromatic rings. The molecule has 2 N–H and O–H groups in total. The molecule has 0 aliphatic heterocycles. The van der Waals surface area contributed by atoms with Crippen molar-refractivity contribution in [2.24, 2.45) is 0 Å². The van der Waals surface area contributed by atoms with Crippen molar-refractivity contribution in [1.82, 2.24) is 10.6 Å². The molecular formula is C15H19F3N2S. The number of hydrogen-bond donors (Lipinski definition) is 2. The van der Waals surface area contributed by atoms with Gasteiger partial charge < -0.3 is 10.6 Å². The molecule has 1 aromatic carbocycles. The van der Waals surface area contributed by atoms with Crippen LogP contribution in [0.15, 0.2) is 24.3 Å². The average molecular weight is 316 g/mol. The topological polar surface area (TPSA) is 24.1 Å². The zero-order valence-corrected chi connectivity index (χ0v) is 12.5. The molecule has 0 saturated heterocycles. The van der Waals surface area contributed by atoms with E-state index in [1.165, 1.54) is 25.3 Å². The van der Waals surface area contributed by atoms with Gasteiger partial charge in [0.15, 0.2) is 5.11 Å². The molecule has 1 fully saturated rings. The van der Waals surface area contributed by atoms with Crippen LogP contribution in [0.3, 0.4) is 0 Å². The smallest absolute Gasteiger partial charge is 0.360 e.